The van der Waals surface area contributed by atoms with Gasteiger partial charge in [0.2, 0.25) is 11.8 Å². The second kappa shape index (κ2) is 7.37. The number of rotatable bonds is 6. The molecule has 0 spiro atoms. The van der Waals surface area contributed by atoms with Crippen LogP contribution in [0.2, 0.25) is 0 Å². The highest BCUT2D eigenvalue weighted by Crippen LogP contribution is 2.56. The fraction of sp³-hybridized carbons (Fsp3) is 0.524. The summed E-state index contributed by atoms with van der Waals surface area (Å²) in [5.41, 5.74) is 0.941. The number of hydrogen-bond acceptors (Lipinski definition) is 5. The molecule has 1 aromatic rings. The third kappa shape index (κ3) is 3.30. The van der Waals surface area contributed by atoms with Crippen LogP contribution in [0.1, 0.15) is 37.8 Å². The maximum absolute atomic E-state index is 12.6. The molecule has 4 rings (SSSR count). The van der Waals surface area contributed by atoms with Crippen molar-refractivity contribution >= 4 is 23.7 Å². The van der Waals surface area contributed by atoms with E-state index in [0.717, 1.165) is 29.7 Å². The van der Waals surface area contributed by atoms with Crippen molar-refractivity contribution in [3.63, 3.8) is 0 Å². The van der Waals surface area contributed by atoms with Gasteiger partial charge in [0.05, 0.1) is 17.9 Å². The molecule has 28 heavy (non-hydrogen) atoms. The Hall–Kier alpha value is -2.70. The summed E-state index contributed by atoms with van der Waals surface area (Å²) in [7, 11) is 0. The van der Waals surface area contributed by atoms with Crippen LogP contribution >= 0.6 is 0 Å². The van der Waals surface area contributed by atoms with Crippen LogP contribution in [0.25, 0.3) is 0 Å². The van der Waals surface area contributed by atoms with Crippen molar-refractivity contribution in [1.82, 2.24) is 10.2 Å². The maximum atomic E-state index is 12.6. The largest absolute Gasteiger partial charge is 0.454 e. The highest BCUT2D eigenvalue weighted by atomic mass is 16.5. The van der Waals surface area contributed by atoms with Crippen LogP contribution in [0, 0.1) is 23.7 Å². The van der Waals surface area contributed by atoms with Crippen LogP contribution in [0.4, 0.5) is 0 Å². The average Bonchev–Trinajstić information content (AvgIpc) is 3.37. The minimum atomic E-state index is -0.739. The summed E-state index contributed by atoms with van der Waals surface area (Å²) in [6, 6.07) is 9.22. The Labute approximate surface area is 163 Å². The molecule has 0 radical (unpaired) electrons. The van der Waals surface area contributed by atoms with Gasteiger partial charge in [0.25, 0.3) is 5.91 Å². The lowest BCUT2D eigenvalue weighted by molar-refractivity contribution is -0.155. The van der Waals surface area contributed by atoms with E-state index in [-0.39, 0.29) is 41.5 Å². The van der Waals surface area contributed by atoms with E-state index in [0.29, 0.717) is 0 Å². The van der Waals surface area contributed by atoms with E-state index in [2.05, 4.69) is 5.32 Å². The summed E-state index contributed by atoms with van der Waals surface area (Å²) < 4.78 is 4.99. The van der Waals surface area contributed by atoms with Crippen LogP contribution < -0.4 is 5.32 Å². The molecule has 0 unspecified atom stereocenters. The summed E-state index contributed by atoms with van der Waals surface area (Å²) in [4.78, 5) is 50.3. The Bertz CT molecular complexity index is 780. The normalized spacial score (nSPS) is 29.0. The zero-order valence-corrected chi connectivity index (χ0v) is 15.8. The zero-order valence-electron chi connectivity index (χ0n) is 15.8. The van der Waals surface area contributed by atoms with Crippen molar-refractivity contribution in [3.05, 3.63) is 35.9 Å². The van der Waals surface area contributed by atoms with Crippen molar-refractivity contribution in [1.29, 1.82) is 0 Å². The smallest absolute Gasteiger partial charge is 0.326 e. The summed E-state index contributed by atoms with van der Waals surface area (Å²) >= 11 is 0. The molecule has 2 saturated carbocycles. The molecule has 7 nitrogen and oxygen atoms in total. The number of amides is 3. The SMILES string of the molecule is C[C@H](NC(=O)COC(=O)CN1C(=O)[C@@H]2[C@H]3CC[C@@H](C3)[C@@H]2C1=O)c1ccccc1. The summed E-state index contributed by atoms with van der Waals surface area (Å²) in [6.07, 6.45) is 2.93. The van der Waals surface area contributed by atoms with E-state index in [9.17, 15) is 19.2 Å². The predicted octanol–water partition coefficient (Wildman–Crippen LogP) is 1.44. The number of fused-ring (bicyclic) bond motifs is 5. The van der Waals surface area contributed by atoms with Gasteiger partial charge in [0, 0.05) is 0 Å². The highest BCUT2D eigenvalue weighted by molar-refractivity contribution is 6.07. The number of hydrogen-bond donors (Lipinski definition) is 1. The molecule has 1 N–H and O–H groups in total. The molecule has 1 saturated heterocycles. The second-order valence-electron chi connectivity index (χ2n) is 8.01. The van der Waals surface area contributed by atoms with Crippen LogP contribution in [-0.2, 0) is 23.9 Å². The lowest BCUT2D eigenvalue weighted by atomic mass is 9.81. The van der Waals surface area contributed by atoms with Gasteiger partial charge in [0.15, 0.2) is 6.61 Å². The maximum Gasteiger partial charge on any atom is 0.326 e. The fourth-order valence-electron chi connectivity index (χ4n) is 5.06. The van der Waals surface area contributed by atoms with Gasteiger partial charge in [-0.3, -0.25) is 24.1 Å². The Morgan fingerprint density at radius 1 is 1.11 bits per heavy atom. The number of esters is 1. The molecule has 1 heterocycles. The van der Waals surface area contributed by atoms with E-state index in [4.69, 9.17) is 4.74 Å². The number of nitrogens with one attached hydrogen (secondary N) is 1. The number of ether oxygens (including phenoxy) is 1. The Kier molecular flexibility index (Phi) is 4.91. The van der Waals surface area contributed by atoms with Crippen molar-refractivity contribution in [3.8, 4) is 0 Å². The lowest BCUT2D eigenvalue weighted by Crippen LogP contribution is -2.39. The van der Waals surface area contributed by atoms with Crippen molar-refractivity contribution in [2.45, 2.75) is 32.2 Å². The molecule has 5 atom stereocenters. The number of imide groups is 1. The monoisotopic (exact) mass is 384 g/mol. The number of nitrogens with zero attached hydrogens (tertiary/aromatic N) is 1. The van der Waals surface area contributed by atoms with Crippen LogP contribution in [0.3, 0.4) is 0 Å². The Morgan fingerprint density at radius 2 is 1.71 bits per heavy atom. The average molecular weight is 384 g/mol. The number of carbonyl (C=O) groups excluding carboxylic acids is 4. The molecule has 3 fully saturated rings. The van der Waals surface area contributed by atoms with Gasteiger partial charge < -0.3 is 10.1 Å². The highest BCUT2D eigenvalue weighted by Gasteiger charge is 2.61. The van der Waals surface area contributed by atoms with E-state index < -0.39 is 25.0 Å². The van der Waals surface area contributed by atoms with Gasteiger partial charge >= 0.3 is 5.97 Å². The summed E-state index contributed by atoms with van der Waals surface area (Å²) in [5.74, 6) is -1.63. The standard InChI is InChI=1S/C21H24N2O5/c1-12(13-5-3-2-4-6-13)22-16(24)11-28-17(25)10-23-20(26)18-14-7-8-15(9-14)19(18)21(23)27/h2-6,12,14-15,18-19H,7-11H2,1H3,(H,22,24)/t12-,14-,15-,18-,19+/m0/s1. The molecule has 3 aliphatic rings. The van der Waals surface area contributed by atoms with E-state index in [1.165, 1.54) is 0 Å². The molecule has 3 amide bonds. The van der Waals surface area contributed by atoms with E-state index >= 15 is 0 Å². The van der Waals surface area contributed by atoms with Crippen molar-refractivity contribution < 1.29 is 23.9 Å². The molecule has 148 valence electrons. The quantitative estimate of drug-likeness (QED) is 0.592. The van der Waals surface area contributed by atoms with Gasteiger partial charge in [-0.25, -0.2) is 0 Å². The first-order valence-electron chi connectivity index (χ1n) is 9.81. The lowest BCUT2D eigenvalue weighted by Gasteiger charge is -2.19. The van der Waals surface area contributed by atoms with Gasteiger partial charge in [0.1, 0.15) is 6.54 Å². The molecule has 1 aliphatic heterocycles. The summed E-state index contributed by atoms with van der Waals surface area (Å²) in [5, 5.41) is 2.75. The van der Waals surface area contributed by atoms with Gasteiger partial charge in [-0.1, -0.05) is 30.3 Å². The first kappa shape index (κ1) is 18.7. The number of carbonyl (C=O) groups is 4. The van der Waals surface area contributed by atoms with Gasteiger partial charge in [-0.15, -0.1) is 0 Å². The number of benzene rings is 1. The molecule has 2 aliphatic carbocycles. The van der Waals surface area contributed by atoms with Crippen LogP contribution in [0.15, 0.2) is 30.3 Å². The fourth-order valence-corrected chi connectivity index (χ4v) is 5.06. The first-order chi connectivity index (χ1) is 13.5. The van der Waals surface area contributed by atoms with E-state index in [1.807, 2.05) is 37.3 Å². The van der Waals surface area contributed by atoms with Crippen LogP contribution in [-0.4, -0.2) is 41.7 Å². The Morgan fingerprint density at radius 3 is 2.32 bits per heavy atom. The summed E-state index contributed by atoms with van der Waals surface area (Å²) in [6.45, 7) is 0.986. The predicted molar refractivity (Wildman–Crippen MR) is 98.5 cm³/mol. The van der Waals surface area contributed by atoms with Crippen molar-refractivity contribution in [2.24, 2.45) is 23.7 Å². The molecular weight excluding hydrogens is 360 g/mol. The second-order valence-corrected chi connectivity index (χ2v) is 8.01. The third-order valence-electron chi connectivity index (χ3n) is 6.35. The van der Waals surface area contributed by atoms with E-state index in [1.54, 1.807) is 0 Å². The molecule has 7 heteroatoms. The first-order valence-corrected chi connectivity index (χ1v) is 9.81. The Balaban J connectivity index is 1.26. The molecule has 2 bridgehead atoms. The molecule has 0 aromatic heterocycles. The molecular formula is C21H24N2O5. The van der Waals surface area contributed by atoms with Crippen molar-refractivity contribution in [2.75, 3.05) is 13.2 Å². The minimum absolute atomic E-state index is 0.219. The molecule has 1 aromatic carbocycles. The van der Waals surface area contributed by atoms with Crippen LogP contribution in [0.5, 0.6) is 0 Å². The third-order valence-corrected chi connectivity index (χ3v) is 6.35. The van der Waals surface area contributed by atoms with Gasteiger partial charge in [-0.05, 0) is 43.6 Å². The zero-order chi connectivity index (χ0) is 19.8. The topological polar surface area (TPSA) is 92.8 Å². The van der Waals surface area contributed by atoms with Gasteiger partial charge in [-0.2, -0.15) is 0 Å². The number of likely N-dealkylation sites (tertiary alicyclic amines) is 1. The minimum Gasteiger partial charge on any atom is -0.454 e.